The molecule has 0 aliphatic rings. The van der Waals surface area contributed by atoms with Gasteiger partial charge in [-0.25, -0.2) is 12.7 Å². The van der Waals surface area contributed by atoms with Crippen molar-refractivity contribution in [2.45, 2.75) is 128 Å². The number of hydrogen-bond acceptors (Lipinski definition) is 5. The van der Waals surface area contributed by atoms with E-state index < -0.39 is 15.3 Å². The molecule has 0 aromatic rings. The molecule has 182 valence electrons. The summed E-state index contributed by atoms with van der Waals surface area (Å²) in [4.78, 5) is 0. The number of unbranched alkanes of at least 4 members (excludes halogenated alkanes) is 14. The van der Waals surface area contributed by atoms with E-state index in [1.807, 2.05) is 13.0 Å². The van der Waals surface area contributed by atoms with Crippen molar-refractivity contribution in [3.63, 3.8) is 0 Å². The minimum Gasteiger partial charge on any atom is -0.211 e. The standard InChI is InChI=1S/C25H44N4O2S/c1-2-19-25(24-28)32(30,31)29(22-17-13-9-5-3-7-11-15-20-26)23-18-14-10-6-4-8-12-16-21-27/h25H,2-19,22-23H2,1H3. The van der Waals surface area contributed by atoms with E-state index in [-0.39, 0.29) is 0 Å². The van der Waals surface area contributed by atoms with E-state index in [4.69, 9.17) is 10.5 Å². The van der Waals surface area contributed by atoms with Gasteiger partial charge in [0.15, 0.2) is 5.25 Å². The van der Waals surface area contributed by atoms with Crippen LogP contribution in [0.5, 0.6) is 0 Å². The highest BCUT2D eigenvalue weighted by Gasteiger charge is 2.30. The smallest absolute Gasteiger partial charge is 0.211 e. The molecule has 0 saturated carbocycles. The summed E-state index contributed by atoms with van der Waals surface area (Å²) in [5.74, 6) is 0. The molecule has 0 aromatic heterocycles. The Balaban J connectivity index is 4.40. The Morgan fingerprint density at radius 3 is 1.38 bits per heavy atom. The van der Waals surface area contributed by atoms with Gasteiger partial charge in [0.25, 0.3) is 0 Å². The van der Waals surface area contributed by atoms with Crippen LogP contribution in [0.1, 0.15) is 122 Å². The molecule has 0 aliphatic carbocycles. The molecule has 6 nitrogen and oxygen atoms in total. The van der Waals surface area contributed by atoms with Crippen LogP contribution in [0.3, 0.4) is 0 Å². The minimum atomic E-state index is -3.58. The van der Waals surface area contributed by atoms with Gasteiger partial charge in [0.2, 0.25) is 10.0 Å². The van der Waals surface area contributed by atoms with Crippen LogP contribution in [0, 0.1) is 34.0 Å². The predicted molar refractivity (Wildman–Crippen MR) is 130 cm³/mol. The molecule has 0 amide bonds. The number of rotatable bonds is 22. The molecule has 0 bridgehead atoms. The zero-order valence-corrected chi connectivity index (χ0v) is 21.0. The van der Waals surface area contributed by atoms with E-state index in [1.165, 1.54) is 0 Å². The molecule has 0 aliphatic heterocycles. The summed E-state index contributed by atoms with van der Waals surface area (Å²) in [5.41, 5.74) is 0. The molecule has 1 atom stereocenters. The maximum absolute atomic E-state index is 13.0. The topological polar surface area (TPSA) is 109 Å². The fraction of sp³-hybridized carbons (Fsp3) is 0.880. The second-order valence-electron chi connectivity index (χ2n) is 8.62. The summed E-state index contributed by atoms with van der Waals surface area (Å²) < 4.78 is 27.7. The number of hydrogen-bond donors (Lipinski definition) is 0. The van der Waals surface area contributed by atoms with Gasteiger partial charge in [0, 0.05) is 25.9 Å². The SMILES string of the molecule is CCCC(C#N)S(=O)(=O)N(CCCCCCCCCC#N)CCCCCCCCCC#N. The van der Waals surface area contributed by atoms with E-state index >= 15 is 0 Å². The molecule has 7 heteroatoms. The minimum absolute atomic E-state index is 0.390. The van der Waals surface area contributed by atoms with Crippen LogP contribution in [-0.4, -0.2) is 31.1 Å². The average molecular weight is 465 g/mol. The summed E-state index contributed by atoms with van der Waals surface area (Å²) in [7, 11) is -3.58. The van der Waals surface area contributed by atoms with Crippen LogP contribution in [0.2, 0.25) is 0 Å². The van der Waals surface area contributed by atoms with Crippen LogP contribution in [0.4, 0.5) is 0 Å². The summed E-state index contributed by atoms with van der Waals surface area (Å²) in [6, 6.07) is 6.36. The summed E-state index contributed by atoms with van der Waals surface area (Å²) in [6.07, 6.45) is 16.8. The number of nitrogens with zero attached hydrogens (tertiary/aromatic N) is 4. The Kier molecular flexibility index (Phi) is 20.2. The molecule has 0 spiro atoms. The van der Waals surface area contributed by atoms with Crippen molar-refractivity contribution in [3.05, 3.63) is 0 Å². The molecule has 0 saturated heterocycles. The normalized spacial score (nSPS) is 12.2. The first-order valence-corrected chi connectivity index (χ1v) is 14.2. The third-order valence-corrected chi connectivity index (χ3v) is 7.95. The second-order valence-corrected chi connectivity index (χ2v) is 10.7. The Morgan fingerprint density at radius 1 is 0.656 bits per heavy atom. The van der Waals surface area contributed by atoms with Crippen LogP contribution < -0.4 is 0 Å². The van der Waals surface area contributed by atoms with Crippen molar-refractivity contribution < 1.29 is 8.42 Å². The molecule has 0 radical (unpaired) electrons. The number of sulfonamides is 1. The average Bonchev–Trinajstić information content (AvgIpc) is 2.78. The van der Waals surface area contributed by atoms with Gasteiger partial charge in [-0.2, -0.15) is 15.8 Å². The molecular formula is C25H44N4O2S. The van der Waals surface area contributed by atoms with E-state index in [0.717, 1.165) is 89.9 Å². The van der Waals surface area contributed by atoms with E-state index in [0.29, 0.717) is 38.8 Å². The first-order valence-electron chi connectivity index (χ1n) is 12.7. The first kappa shape index (κ1) is 30.4. The van der Waals surface area contributed by atoms with E-state index in [9.17, 15) is 13.7 Å². The zero-order chi connectivity index (χ0) is 23.9. The Bertz CT molecular complexity index is 642. The van der Waals surface area contributed by atoms with Crippen LogP contribution in [-0.2, 0) is 10.0 Å². The largest absolute Gasteiger partial charge is 0.230 e. The lowest BCUT2D eigenvalue weighted by atomic mass is 10.1. The monoisotopic (exact) mass is 464 g/mol. The molecular weight excluding hydrogens is 420 g/mol. The molecule has 0 aromatic carbocycles. The van der Waals surface area contributed by atoms with Gasteiger partial charge in [-0.05, 0) is 32.1 Å². The molecule has 0 N–H and O–H groups in total. The molecule has 0 rings (SSSR count). The zero-order valence-electron chi connectivity index (χ0n) is 20.2. The fourth-order valence-electron chi connectivity index (χ4n) is 3.84. The lowest BCUT2D eigenvalue weighted by Crippen LogP contribution is -2.39. The highest BCUT2D eigenvalue weighted by molar-refractivity contribution is 7.90. The molecule has 0 heterocycles. The maximum atomic E-state index is 13.0. The third-order valence-electron chi connectivity index (χ3n) is 5.81. The summed E-state index contributed by atoms with van der Waals surface area (Å²) in [6.45, 7) is 2.93. The van der Waals surface area contributed by atoms with Gasteiger partial charge in [-0.15, -0.1) is 0 Å². The maximum Gasteiger partial charge on any atom is 0.230 e. The van der Waals surface area contributed by atoms with Gasteiger partial charge >= 0.3 is 0 Å². The van der Waals surface area contributed by atoms with Gasteiger partial charge in [-0.3, -0.25) is 0 Å². The van der Waals surface area contributed by atoms with Crippen LogP contribution in [0.25, 0.3) is 0 Å². The predicted octanol–water partition coefficient (Wildman–Crippen LogP) is 6.60. The van der Waals surface area contributed by atoms with Crippen molar-refractivity contribution in [1.82, 2.24) is 4.31 Å². The summed E-state index contributed by atoms with van der Waals surface area (Å²) in [5, 5.41) is 25.6. The molecule has 1 unspecified atom stereocenters. The third kappa shape index (κ3) is 15.2. The quantitative estimate of drug-likeness (QED) is 0.168. The number of nitriles is 3. The van der Waals surface area contributed by atoms with Gasteiger partial charge in [0.05, 0.1) is 18.2 Å². The van der Waals surface area contributed by atoms with Crippen LogP contribution >= 0.6 is 0 Å². The Labute approximate surface area is 197 Å². The lowest BCUT2D eigenvalue weighted by Gasteiger charge is -2.24. The van der Waals surface area contributed by atoms with Crippen molar-refractivity contribution in [1.29, 1.82) is 15.8 Å². The van der Waals surface area contributed by atoms with Gasteiger partial charge < -0.3 is 0 Å². The second kappa shape index (κ2) is 21.2. The Morgan fingerprint density at radius 2 is 1.03 bits per heavy atom. The first-order chi connectivity index (χ1) is 15.5. The fourth-order valence-corrected chi connectivity index (χ4v) is 5.63. The van der Waals surface area contributed by atoms with Crippen LogP contribution in [0.15, 0.2) is 0 Å². The van der Waals surface area contributed by atoms with E-state index in [2.05, 4.69) is 12.1 Å². The van der Waals surface area contributed by atoms with Crippen molar-refractivity contribution in [2.75, 3.05) is 13.1 Å². The van der Waals surface area contributed by atoms with Gasteiger partial charge in [-0.1, -0.05) is 77.6 Å². The molecule has 0 fully saturated rings. The van der Waals surface area contributed by atoms with Gasteiger partial charge in [0.1, 0.15) is 0 Å². The van der Waals surface area contributed by atoms with Crippen molar-refractivity contribution >= 4 is 10.0 Å². The highest BCUT2D eigenvalue weighted by atomic mass is 32.2. The Hall–Kier alpha value is -1.62. The van der Waals surface area contributed by atoms with E-state index in [1.54, 1.807) is 4.31 Å². The lowest BCUT2D eigenvalue weighted by molar-refractivity contribution is 0.379. The highest BCUT2D eigenvalue weighted by Crippen LogP contribution is 2.18. The molecule has 32 heavy (non-hydrogen) atoms. The summed E-state index contributed by atoms with van der Waals surface area (Å²) >= 11 is 0. The van der Waals surface area contributed by atoms with Crippen molar-refractivity contribution in [3.8, 4) is 18.2 Å². The van der Waals surface area contributed by atoms with Crippen molar-refractivity contribution in [2.24, 2.45) is 0 Å².